The molecule has 0 unspecified atom stereocenters. The van der Waals surface area contributed by atoms with E-state index in [1.165, 1.54) is 0 Å². The first kappa shape index (κ1) is 15.2. The van der Waals surface area contributed by atoms with E-state index < -0.39 is 0 Å². The van der Waals surface area contributed by atoms with Gasteiger partial charge in [-0.3, -0.25) is 10.1 Å². The van der Waals surface area contributed by atoms with Crippen LogP contribution >= 0.6 is 0 Å². The van der Waals surface area contributed by atoms with Crippen molar-refractivity contribution in [2.24, 2.45) is 0 Å². The minimum absolute atomic E-state index is 0.138. The van der Waals surface area contributed by atoms with Crippen molar-refractivity contribution in [3.8, 4) is 0 Å². The van der Waals surface area contributed by atoms with Crippen LogP contribution in [0.4, 0.5) is 0 Å². The second-order valence-corrected chi connectivity index (χ2v) is 5.29. The summed E-state index contributed by atoms with van der Waals surface area (Å²) in [6, 6.07) is 18.6. The van der Waals surface area contributed by atoms with Crippen LogP contribution in [-0.2, 0) is 4.74 Å². The molecule has 1 aliphatic heterocycles. The van der Waals surface area contributed by atoms with Crippen molar-refractivity contribution in [3.05, 3.63) is 81.9 Å². The fourth-order valence-corrected chi connectivity index (χ4v) is 2.78. The first-order valence-electron chi connectivity index (χ1n) is 7.59. The number of morpholine rings is 1. The monoisotopic (exact) mass is 310 g/mol. The molecule has 0 spiro atoms. The molecule has 5 heteroatoms. The van der Waals surface area contributed by atoms with E-state index in [2.05, 4.69) is 0 Å². The summed E-state index contributed by atoms with van der Waals surface area (Å²) in [5, 5.41) is 11.8. The van der Waals surface area contributed by atoms with Gasteiger partial charge in [-0.1, -0.05) is 48.5 Å². The van der Waals surface area contributed by atoms with Gasteiger partial charge in [0.05, 0.1) is 23.7 Å². The van der Waals surface area contributed by atoms with Gasteiger partial charge in [0.25, 0.3) is 5.70 Å². The highest BCUT2D eigenvalue weighted by Gasteiger charge is 2.27. The summed E-state index contributed by atoms with van der Waals surface area (Å²) < 4.78 is 5.40. The van der Waals surface area contributed by atoms with Crippen molar-refractivity contribution in [2.45, 2.75) is 0 Å². The van der Waals surface area contributed by atoms with Crippen molar-refractivity contribution < 1.29 is 9.66 Å². The molecule has 1 saturated heterocycles. The van der Waals surface area contributed by atoms with Crippen LogP contribution in [0.2, 0.25) is 0 Å². The fourth-order valence-electron chi connectivity index (χ4n) is 2.78. The van der Waals surface area contributed by atoms with Crippen molar-refractivity contribution >= 4 is 11.4 Å². The summed E-state index contributed by atoms with van der Waals surface area (Å²) in [6.07, 6.45) is 0. The van der Waals surface area contributed by atoms with Crippen LogP contribution in [0.1, 0.15) is 11.1 Å². The van der Waals surface area contributed by atoms with E-state index in [0.29, 0.717) is 37.6 Å². The molecule has 23 heavy (non-hydrogen) atoms. The summed E-state index contributed by atoms with van der Waals surface area (Å²) >= 11 is 0. The van der Waals surface area contributed by atoms with E-state index in [0.717, 1.165) is 5.56 Å². The summed E-state index contributed by atoms with van der Waals surface area (Å²) in [6.45, 7) is 2.45. The summed E-state index contributed by atoms with van der Waals surface area (Å²) in [4.78, 5) is 13.6. The van der Waals surface area contributed by atoms with Crippen LogP contribution in [-0.4, -0.2) is 36.1 Å². The van der Waals surface area contributed by atoms with E-state index in [1.54, 1.807) is 12.1 Å². The Labute approximate surface area is 135 Å². The Balaban J connectivity index is 2.19. The molecular formula is C18H18N2O3. The molecule has 5 nitrogen and oxygen atoms in total. The quantitative estimate of drug-likeness (QED) is 0.494. The van der Waals surface area contributed by atoms with E-state index in [1.807, 2.05) is 53.4 Å². The zero-order chi connectivity index (χ0) is 16.1. The second-order valence-electron chi connectivity index (χ2n) is 5.29. The van der Waals surface area contributed by atoms with Crippen molar-refractivity contribution in [1.82, 2.24) is 4.90 Å². The third kappa shape index (κ3) is 3.40. The third-order valence-corrected chi connectivity index (χ3v) is 3.83. The first-order valence-corrected chi connectivity index (χ1v) is 7.59. The molecule has 2 aromatic carbocycles. The van der Waals surface area contributed by atoms with Gasteiger partial charge < -0.3 is 9.64 Å². The maximum Gasteiger partial charge on any atom is 0.300 e. The van der Waals surface area contributed by atoms with Gasteiger partial charge >= 0.3 is 0 Å². The molecule has 0 bridgehead atoms. The second kappa shape index (κ2) is 7.07. The molecule has 0 radical (unpaired) electrons. The third-order valence-electron chi connectivity index (χ3n) is 3.83. The number of hydrogen-bond donors (Lipinski definition) is 0. The molecule has 0 aliphatic carbocycles. The van der Waals surface area contributed by atoms with Crippen molar-refractivity contribution in [1.29, 1.82) is 0 Å². The lowest BCUT2D eigenvalue weighted by atomic mass is 10.0. The Morgan fingerprint density at radius 2 is 1.43 bits per heavy atom. The minimum Gasteiger partial charge on any atom is -0.378 e. The maximum atomic E-state index is 11.8. The fraction of sp³-hybridized carbons (Fsp3) is 0.222. The predicted molar refractivity (Wildman–Crippen MR) is 89.1 cm³/mol. The largest absolute Gasteiger partial charge is 0.378 e. The van der Waals surface area contributed by atoms with Gasteiger partial charge in [0, 0.05) is 18.7 Å². The van der Waals surface area contributed by atoms with Crippen molar-refractivity contribution in [2.75, 3.05) is 26.3 Å². The minimum atomic E-state index is -0.285. The number of hydrogen-bond acceptors (Lipinski definition) is 4. The average Bonchev–Trinajstić information content (AvgIpc) is 2.61. The van der Waals surface area contributed by atoms with Crippen LogP contribution in [0.3, 0.4) is 0 Å². The number of nitro groups is 1. The van der Waals surface area contributed by atoms with Crippen LogP contribution in [0.25, 0.3) is 11.4 Å². The molecule has 2 aromatic rings. The lowest BCUT2D eigenvalue weighted by Crippen LogP contribution is -2.36. The predicted octanol–water partition coefficient (Wildman–Crippen LogP) is 3.12. The van der Waals surface area contributed by atoms with E-state index in [-0.39, 0.29) is 10.6 Å². The molecule has 0 N–H and O–H groups in total. The highest BCUT2D eigenvalue weighted by molar-refractivity contribution is 5.85. The molecule has 0 atom stereocenters. The normalized spacial score (nSPS) is 15.9. The molecule has 0 aromatic heterocycles. The van der Waals surface area contributed by atoms with Crippen LogP contribution < -0.4 is 0 Å². The van der Waals surface area contributed by atoms with Crippen LogP contribution in [0, 0.1) is 10.1 Å². The Kier molecular flexibility index (Phi) is 4.68. The molecule has 1 aliphatic rings. The summed E-state index contributed by atoms with van der Waals surface area (Å²) in [7, 11) is 0. The molecular weight excluding hydrogens is 292 g/mol. The number of benzene rings is 2. The van der Waals surface area contributed by atoms with Gasteiger partial charge in [0.2, 0.25) is 0 Å². The summed E-state index contributed by atoms with van der Waals surface area (Å²) in [5.74, 6) is 0. The van der Waals surface area contributed by atoms with Gasteiger partial charge in [-0.2, -0.15) is 0 Å². The van der Waals surface area contributed by atoms with Crippen molar-refractivity contribution in [3.63, 3.8) is 0 Å². The molecule has 1 heterocycles. The standard InChI is InChI=1S/C18H18N2O3/c21-20(22)18(16-9-5-2-6-10-16)17(15-7-3-1-4-8-15)19-11-13-23-14-12-19/h1-10H,11-14H2/b18-17+. The average molecular weight is 310 g/mol. The Morgan fingerprint density at radius 3 is 1.96 bits per heavy atom. The van der Waals surface area contributed by atoms with Crippen LogP contribution in [0.5, 0.6) is 0 Å². The zero-order valence-corrected chi connectivity index (χ0v) is 12.7. The maximum absolute atomic E-state index is 11.8. The molecule has 0 amide bonds. The lowest BCUT2D eigenvalue weighted by Gasteiger charge is -2.31. The SMILES string of the molecule is O=[N+]([O-])/C(=C(\c1ccccc1)N1CCOCC1)c1ccccc1. The Hall–Kier alpha value is -2.66. The molecule has 3 rings (SSSR count). The lowest BCUT2D eigenvalue weighted by molar-refractivity contribution is -0.375. The highest BCUT2D eigenvalue weighted by Crippen LogP contribution is 2.30. The zero-order valence-electron chi connectivity index (χ0n) is 12.7. The van der Waals surface area contributed by atoms with E-state index in [9.17, 15) is 10.1 Å². The van der Waals surface area contributed by atoms with Crippen LogP contribution in [0.15, 0.2) is 60.7 Å². The highest BCUT2D eigenvalue weighted by atomic mass is 16.6. The molecule has 118 valence electrons. The topological polar surface area (TPSA) is 55.6 Å². The smallest absolute Gasteiger partial charge is 0.300 e. The van der Waals surface area contributed by atoms with Gasteiger partial charge in [-0.05, 0) is 12.1 Å². The van der Waals surface area contributed by atoms with Gasteiger partial charge in [0.1, 0.15) is 5.70 Å². The number of nitrogens with zero attached hydrogens (tertiary/aromatic N) is 2. The number of rotatable bonds is 4. The Bertz CT molecular complexity index is 693. The van der Waals surface area contributed by atoms with Gasteiger partial charge in [-0.25, -0.2) is 0 Å². The first-order chi connectivity index (χ1) is 11.3. The molecule has 1 fully saturated rings. The summed E-state index contributed by atoms with van der Waals surface area (Å²) in [5.41, 5.74) is 2.26. The van der Waals surface area contributed by atoms with E-state index >= 15 is 0 Å². The van der Waals surface area contributed by atoms with E-state index in [4.69, 9.17) is 4.74 Å². The van der Waals surface area contributed by atoms with Gasteiger partial charge in [0.15, 0.2) is 0 Å². The number of ether oxygens (including phenoxy) is 1. The molecule has 0 saturated carbocycles. The van der Waals surface area contributed by atoms with Gasteiger partial charge in [-0.15, -0.1) is 0 Å². The Morgan fingerprint density at radius 1 is 0.913 bits per heavy atom.